The average Bonchev–Trinajstić information content (AvgIpc) is 3.35. The van der Waals surface area contributed by atoms with Crippen LogP contribution in [0.1, 0.15) is 23.4 Å². The first-order valence-corrected chi connectivity index (χ1v) is 13.1. The highest BCUT2D eigenvalue weighted by Crippen LogP contribution is 2.38. The molecule has 0 amide bonds. The number of aliphatic hydroxyl groups excluding tert-OH is 1. The maximum Gasteiger partial charge on any atom is 0.143 e. The molecule has 1 aliphatic heterocycles. The Morgan fingerprint density at radius 3 is 2.67 bits per heavy atom. The van der Waals surface area contributed by atoms with Crippen LogP contribution in [0.15, 0.2) is 48.5 Å². The number of nitrogens with one attached hydrogen (secondary N) is 1. The van der Waals surface area contributed by atoms with Crippen LogP contribution in [0.3, 0.4) is 0 Å². The molecule has 4 aromatic rings. The summed E-state index contributed by atoms with van der Waals surface area (Å²) in [6.07, 6.45) is 1.50. The molecule has 9 heteroatoms. The van der Waals surface area contributed by atoms with E-state index < -0.39 is 0 Å². The molecule has 5 rings (SSSR count). The van der Waals surface area contributed by atoms with Crippen LogP contribution in [0, 0.1) is 11.3 Å². The number of aliphatic hydroxyl groups is 1. The minimum atomic E-state index is -0.166. The minimum absolute atomic E-state index is 0.166. The Hall–Kier alpha value is -2.86. The van der Waals surface area contributed by atoms with E-state index in [2.05, 4.69) is 39.5 Å². The first kappa shape index (κ1) is 24.8. The summed E-state index contributed by atoms with van der Waals surface area (Å²) in [5, 5.41) is 24.4. The SMILES string of the molecule is COc1cc(Nc2cc(C#N)nc3cc(-c4ccc(CN5CCC(O)CC5)s4)ccc23)c(Cl)cc1Cl. The van der Waals surface area contributed by atoms with E-state index in [1.54, 1.807) is 36.6 Å². The summed E-state index contributed by atoms with van der Waals surface area (Å²) in [6.45, 7) is 2.73. The van der Waals surface area contributed by atoms with Crippen LogP contribution in [0.2, 0.25) is 10.0 Å². The normalized spacial score (nSPS) is 14.6. The summed E-state index contributed by atoms with van der Waals surface area (Å²) in [7, 11) is 1.54. The Balaban J connectivity index is 1.44. The van der Waals surface area contributed by atoms with Gasteiger partial charge in [0.25, 0.3) is 0 Å². The van der Waals surface area contributed by atoms with Gasteiger partial charge < -0.3 is 15.2 Å². The number of halogens is 2. The fourth-order valence-corrected chi connectivity index (χ4v) is 5.94. The van der Waals surface area contributed by atoms with E-state index in [1.165, 1.54) is 4.88 Å². The molecule has 184 valence electrons. The Labute approximate surface area is 223 Å². The number of nitriles is 1. The summed E-state index contributed by atoms with van der Waals surface area (Å²) in [6, 6.07) is 17.6. The van der Waals surface area contributed by atoms with Crippen molar-refractivity contribution in [3.63, 3.8) is 0 Å². The number of anilines is 2. The van der Waals surface area contributed by atoms with Crippen molar-refractivity contribution in [3.8, 4) is 22.3 Å². The van der Waals surface area contributed by atoms with Gasteiger partial charge in [0.05, 0.1) is 40.2 Å². The monoisotopic (exact) mass is 538 g/mol. The number of aromatic nitrogens is 1. The molecule has 36 heavy (non-hydrogen) atoms. The lowest BCUT2D eigenvalue weighted by atomic mass is 10.1. The molecule has 3 heterocycles. The Bertz CT molecular complexity index is 1460. The summed E-state index contributed by atoms with van der Waals surface area (Å²) in [5.41, 5.74) is 3.40. The molecule has 1 aliphatic rings. The lowest BCUT2D eigenvalue weighted by molar-refractivity contribution is 0.0797. The fraction of sp³-hybridized carbons (Fsp3) is 0.259. The number of thiophene rings is 1. The number of hydrogen-bond acceptors (Lipinski definition) is 7. The number of rotatable bonds is 6. The second-order valence-electron chi connectivity index (χ2n) is 8.76. The Morgan fingerprint density at radius 2 is 1.92 bits per heavy atom. The van der Waals surface area contributed by atoms with E-state index in [-0.39, 0.29) is 6.10 Å². The summed E-state index contributed by atoms with van der Waals surface area (Å²) >= 11 is 14.4. The van der Waals surface area contributed by atoms with Crippen molar-refractivity contribution in [3.05, 3.63) is 69.1 Å². The van der Waals surface area contributed by atoms with Gasteiger partial charge in [-0.3, -0.25) is 4.90 Å². The maximum atomic E-state index is 9.75. The summed E-state index contributed by atoms with van der Waals surface area (Å²) < 4.78 is 5.32. The van der Waals surface area contributed by atoms with Crippen LogP contribution in [0.25, 0.3) is 21.3 Å². The van der Waals surface area contributed by atoms with Gasteiger partial charge in [-0.05, 0) is 48.7 Å². The van der Waals surface area contributed by atoms with Crippen molar-refractivity contribution < 1.29 is 9.84 Å². The van der Waals surface area contributed by atoms with Gasteiger partial charge in [0.2, 0.25) is 0 Å². The van der Waals surface area contributed by atoms with Gasteiger partial charge in [0, 0.05) is 40.8 Å². The number of piperidine rings is 1. The van der Waals surface area contributed by atoms with Crippen LogP contribution < -0.4 is 10.1 Å². The van der Waals surface area contributed by atoms with Gasteiger partial charge in [0.1, 0.15) is 17.5 Å². The lowest BCUT2D eigenvalue weighted by Crippen LogP contribution is -2.35. The van der Waals surface area contributed by atoms with Gasteiger partial charge >= 0.3 is 0 Å². The van der Waals surface area contributed by atoms with E-state index in [9.17, 15) is 10.4 Å². The number of hydrogen-bond donors (Lipinski definition) is 2. The van der Waals surface area contributed by atoms with Gasteiger partial charge in [-0.15, -0.1) is 11.3 Å². The molecule has 2 aromatic heterocycles. The average molecular weight is 539 g/mol. The minimum Gasteiger partial charge on any atom is -0.495 e. The molecule has 1 fully saturated rings. The van der Waals surface area contributed by atoms with Gasteiger partial charge in [-0.2, -0.15) is 5.26 Å². The number of pyridine rings is 1. The van der Waals surface area contributed by atoms with Crippen LogP contribution >= 0.6 is 34.5 Å². The van der Waals surface area contributed by atoms with Crippen molar-refractivity contribution in [2.24, 2.45) is 0 Å². The predicted octanol–water partition coefficient (Wildman–Crippen LogP) is 6.85. The first-order chi connectivity index (χ1) is 17.4. The topological polar surface area (TPSA) is 81.4 Å². The van der Waals surface area contributed by atoms with Crippen molar-refractivity contribution in [1.82, 2.24) is 9.88 Å². The van der Waals surface area contributed by atoms with Crippen LogP contribution in [-0.2, 0) is 6.54 Å². The number of nitrogens with zero attached hydrogens (tertiary/aromatic N) is 3. The van der Waals surface area contributed by atoms with Crippen LogP contribution in [-0.4, -0.2) is 41.3 Å². The smallest absolute Gasteiger partial charge is 0.143 e. The molecule has 6 nitrogen and oxygen atoms in total. The van der Waals surface area contributed by atoms with Gasteiger partial charge in [-0.25, -0.2) is 4.98 Å². The zero-order valence-corrected chi connectivity index (χ0v) is 21.9. The molecule has 0 radical (unpaired) electrons. The third kappa shape index (κ3) is 5.29. The molecular weight excluding hydrogens is 515 g/mol. The van der Waals surface area contributed by atoms with E-state index in [1.807, 2.05) is 12.1 Å². The largest absolute Gasteiger partial charge is 0.495 e. The molecule has 2 aromatic carbocycles. The second kappa shape index (κ2) is 10.6. The second-order valence-corrected chi connectivity index (χ2v) is 10.7. The van der Waals surface area contributed by atoms with E-state index in [0.717, 1.165) is 48.3 Å². The highest BCUT2D eigenvalue weighted by Gasteiger charge is 2.18. The van der Waals surface area contributed by atoms with E-state index in [0.29, 0.717) is 38.4 Å². The molecule has 1 saturated heterocycles. The van der Waals surface area contributed by atoms with Crippen molar-refractivity contribution in [2.75, 3.05) is 25.5 Å². The molecule has 0 aliphatic carbocycles. The van der Waals surface area contributed by atoms with Crippen molar-refractivity contribution in [1.29, 1.82) is 5.26 Å². The highest BCUT2D eigenvalue weighted by molar-refractivity contribution is 7.15. The molecule has 0 saturated carbocycles. The number of ether oxygens (including phenoxy) is 1. The van der Waals surface area contributed by atoms with Crippen molar-refractivity contribution in [2.45, 2.75) is 25.5 Å². The third-order valence-corrected chi connectivity index (χ3v) is 8.05. The fourth-order valence-electron chi connectivity index (χ4n) is 4.38. The van der Waals surface area contributed by atoms with E-state index >= 15 is 0 Å². The number of likely N-dealkylation sites (tertiary alicyclic amines) is 1. The highest BCUT2D eigenvalue weighted by atomic mass is 35.5. The summed E-state index contributed by atoms with van der Waals surface area (Å²) in [4.78, 5) is 9.37. The molecule has 0 unspecified atom stereocenters. The number of fused-ring (bicyclic) bond motifs is 1. The predicted molar refractivity (Wildman–Crippen MR) is 147 cm³/mol. The molecule has 0 bridgehead atoms. The zero-order valence-electron chi connectivity index (χ0n) is 19.6. The lowest BCUT2D eigenvalue weighted by Gasteiger charge is -2.28. The van der Waals surface area contributed by atoms with Gasteiger partial charge in [-0.1, -0.05) is 35.3 Å². The van der Waals surface area contributed by atoms with Crippen LogP contribution in [0.5, 0.6) is 5.75 Å². The van der Waals surface area contributed by atoms with Gasteiger partial charge in [0.15, 0.2) is 0 Å². The first-order valence-electron chi connectivity index (χ1n) is 11.6. The molecule has 0 spiro atoms. The number of benzene rings is 2. The summed E-state index contributed by atoms with van der Waals surface area (Å²) in [5.74, 6) is 0.499. The number of methoxy groups -OCH3 is 1. The molecular formula is C27H24Cl2N4O2S. The zero-order chi connectivity index (χ0) is 25.2. The standard InChI is InChI=1S/C27H24Cl2N4O2S/c1-35-26-13-25(21(28)12-22(26)29)32-24-11-17(14-30)31-23-10-16(2-4-20(23)24)27-5-3-19(36-27)15-33-8-6-18(34)7-9-33/h2-5,10-13,18,34H,6-9,15H2,1H3,(H,31,32). The molecule has 0 atom stereocenters. The Morgan fingerprint density at radius 1 is 1.11 bits per heavy atom. The van der Waals surface area contributed by atoms with E-state index in [4.69, 9.17) is 27.9 Å². The Kier molecular flexibility index (Phi) is 7.33. The quantitative estimate of drug-likeness (QED) is 0.279. The third-order valence-electron chi connectivity index (χ3n) is 6.32. The maximum absolute atomic E-state index is 9.75. The van der Waals surface area contributed by atoms with Crippen LogP contribution in [0.4, 0.5) is 11.4 Å². The van der Waals surface area contributed by atoms with Crippen molar-refractivity contribution >= 4 is 56.8 Å². The molecule has 2 N–H and O–H groups in total.